The average molecular weight is 601 g/mol. The zero-order chi connectivity index (χ0) is 30.7. The third kappa shape index (κ3) is 3.99. The fourth-order valence-corrected chi connectivity index (χ4v) is 13.4. The minimum Gasteiger partial charge on any atom is -0.390 e. The van der Waals surface area contributed by atoms with Gasteiger partial charge in [0.2, 0.25) is 5.91 Å². The number of hydrogen-bond donors (Lipinski definition) is 2. The lowest BCUT2D eigenvalue weighted by Crippen LogP contribution is -2.60. The standard InChI is InChI=1S/C36H60N2O5/c1-21(2)31(40)38-15-16-41-27(19-38)43-26-11-12-35-20-36(35)14-13-33(6)28-22(3)17-23(18-37-8)42-29(28)30(39)34(33,7)25(36)10-9-24(35)32(26,4)5/h21-30,37,39H,9-20H2,1-8H3/t22-,23-,24+,25+,26+,27+,28?,29+,30+,33-,34-,35-,36+/m1/s1. The largest absolute Gasteiger partial charge is 0.390 e. The molecule has 0 aromatic rings. The highest BCUT2D eigenvalue weighted by molar-refractivity contribution is 5.78. The first-order valence-electron chi connectivity index (χ1n) is 17.8. The van der Waals surface area contributed by atoms with Gasteiger partial charge in [-0.25, -0.2) is 0 Å². The third-order valence-corrected chi connectivity index (χ3v) is 15.4. The van der Waals surface area contributed by atoms with E-state index < -0.39 is 6.10 Å². The molecule has 2 saturated heterocycles. The van der Waals surface area contributed by atoms with E-state index in [9.17, 15) is 9.90 Å². The number of likely N-dealkylation sites (N-methyl/N-ethyl adjacent to an activating group) is 1. The summed E-state index contributed by atoms with van der Waals surface area (Å²) >= 11 is 0. The number of carbonyl (C=O) groups excluding carboxylic acids is 1. The molecular formula is C36H60N2O5. The number of ether oxygens (including phenoxy) is 3. The third-order valence-electron chi connectivity index (χ3n) is 15.4. The highest BCUT2D eigenvalue weighted by Crippen LogP contribution is 2.89. The molecule has 13 atom stereocenters. The highest BCUT2D eigenvalue weighted by Gasteiger charge is 2.84. The maximum absolute atomic E-state index is 12.7. The molecule has 2 aliphatic heterocycles. The van der Waals surface area contributed by atoms with Crippen molar-refractivity contribution in [3.63, 3.8) is 0 Å². The lowest BCUT2D eigenvalue weighted by atomic mass is 9.41. The van der Waals surface area contributed by atoms with E-state index in [1.54, 1.807) is 0 Å². The number of hydrogen-bond acceptors (Lipinski definition) is 6. The lowest BCUT2D eigenvalue weighted by molar-refractivity contribution is -0.248. The van der Waals surface area contributed by atoms with E-state index in [1.807, 2.05) is 25.8 Å². The second kappa shape index (κ2) is 10.1. The van der Waals surface area contributed by atoms with Crippen molar-refractivity contribution in [2.24, 2.45) is 56.7 Å². The smallest absolute Gasteiger partial charge is 0.225 e. The molecule has 43 heavy (non-hydrogen) atoms. The van der Waals surface area contributed by atoms with Crippen molar-refractivity contribution in [3.8, 4) is 0 Å². The van der Waals surface area contributed by atoms with Gasteiger partial charge >= 0.3 is 0 Å². The summed E-state index contributed by atoms with van der Waals surface area (Å²) < 4.78 is 19.7. The minimum absolute atomic E-state index is 0.00272. The van der Waals surface area contributed by atoms with Gasteiger partial charge in [-0.1, -0.05) is 48.5 Å². The van der Waals surface area contributed by atoms with Crippen LogP contribution in [0, 0.1) is 56.7 Å². The summed E-state index contributed by atoms with van der Waals surface area (Å²) in [6.07, 6.45) is 9.20. The van der Waals surface area contributed by atoms with Gasteiger partial charge in [-0.05, 0) is 104 Å². The summed E-state index contributed by atoms with van der Waals surface area (Å²) in [5.41, 5.74) is 0.753. The number of aliphatic hydroxyl groups is 1. The van der Waals surface area contributed by atoms with Crippen LogP contribution in [0.1, 0.15) is 99.8 Å². The van der Waals surface area contributed by atoms with Crippen molar-refractivity contribution in [1.29, 1.82) is 0 Å². The summed E-state index contributed by atoms with van der Waals surface area (Å²) in [5.74, 6) is 2.37. The fourth-order valence-electron chi connectivity index (χ4n) is 13.4. The lowest BCUT2D eigenvalue weighted by Gasteiger charge is -2.64. The molecule has 7 rings (SSSR count). The Morgan fingerprint density at radius 2 is 1.79 bits per heavy atom. The van der Waals surface area contributed by atoms with Gasteiger partial charge in [-0.15, -0.1) is 0 Å². The molecular weight excluding hydrogens is 540 g/mol. The number of aliphatic hydroxyl groups excluding tert-OH is 1. The van der Waals surface area contributed by atoms with Gasteiger partial charge < -0.3 is 29.5 Å². The molecule has 1 unspecified atom stereocenters. The first-order chi connectivity index (χ1) is 20.3. The van der Waals surface area contributed by atoms with Gasteiger partial charge in [-0.3, -0.25) is 4.79 Å². The van der Waals surface area contributed by atoms with Crippen molar-refractivity contribution in [2.45, 2.75) is 131 Å². The predicted molar refractivity (Wildman–Crippen MR) is 166 cm³/mol. The molecule has 7 heteroatoms. The molecule has 0 aromatic carbocycles. The monoisotopic (exact) mass is 600 g/mol. The molecule has 0 radical (unpaired) electrons. The normalized spacial score (nSPS) is 53.3. The van der Waals surface area contributed by atoms with Gasteiger partial charge in [0.1, 0.15) is 0 Å². The van der Waals surface area contributed by atoms with Crippen molar-refractivity contribution >= 4 is 5.91 Å². The van der Waals surface area contributed by atoms with Gasteiger partial charge in [0.25, 0.3) is 0 Å². The predicted octanol–water partition coefficient (Wildman–Crippen LogP) is 5.25. The molecule has 7 nitrogen and oxygen atoms in total. The Morgan fingerprint density at radius 1 is 1.07 bits per heavy atom. The molecule has 2 N–H and O–H groups in total. The molecule has 0 bridgehead atoms. The summed E-state index contributed by atoms with van der Waals surface area (Å²) in [5, 5.41) is 15.7. The summed E-state index contributed by atoms with van der Waals surface area (Å²) in [4.78, 5) is 14.7. The molecule has 0 aromatic heterocycles. The van der Waals surface area contributed by atoms with Gasteiger partial charge in [0.15, 0.2) is 6.29 Å². The zero-order valence-corrected chi connectivity index (χ0v) is 28.3. The van der Waals surface area contributed by atoms with E-state index in [4.69, 9.17) is 14.2 Å². The Bertz CT molecular complexity index is 1110. The fraction of sp³-hybridized carbons (Fsp3) is 0.972. The van der Waals surface area contributed by atoms with Crippen molar-refractivity contribution in [1.82, 2.24) is 10.2 Å². The zero-order valence-electron chi connectivity index (χ0n) is 28.3. The van der Waals surface area contributed by atoms with Crippen LogP contribution in [-0.2, 0) is 19.0 Å². The molecule has 244 valence electrons. The van der Waals surface area contributed by atoms with Crippen LogP contribution in [0.5, 0.6) is 0 Å². The van der Waals surface area contributed by atoms with E-state index in [0.717, 1.165) is 19.4 Å². The van der Waals surface area contributed by atoms with E-state index in [-0.39, 0.29) is 52.7 Å². The van der Waals surface area contributed by atoms with E-state index >= 15 is 0 Å². The van der Waals surface area contributed by atoms with Crippen LogP contribution in [0.2, 0.25) is 0 Å². The van der Waals surface area contributed by atoms with Crippen LogP contribution in [0.25, 0.3) is 0 Å². The average Bonchev–Trinajstić information content (AvgIpc) is 3.59. The molecule has 7 fully saturated rings. The summed E-state index contributed by atoms with van der Waals surface area (Å²) in [6, 6.07) is 0. The summed E-state index contributed by atoms with van der Waals surface area (Å²) in [7, 11) is 2.01. The number of fused-ring (bicyclic) bond motifs is 4. The molecule has 5 aliphatic carbocycles. The van der Waals surface area contributed by atoms with Crippen LogP contribution in [0.3, 0.4) is 0 Å². The molecule has 1 amide bonds. The quantitative estimate of drug-likeness (QED) is 0.449. The highest BCUT2D eigenvalue weighted by atomic mass is 16.7. The maximum atomic E-state index is 12.7. The molecule has 5 saturated carbocycles. The van der Waals surface area contributed by atoms with Crippen molar-refractivity contribution in [3.05, 3.63) is 0 Å². The Kier molecular flexibility index (Phi) is 7.28. The van der Waals surface area contributed by atoms with Crippen LogP contribution in [0.15, 0.2) is 0 Å². The van der Waals surface area contributed by atoms with Crippen molar-refractivity contribution in [2.75, 3.05) is 33.3 Å². The Labute approximate surface area is 260 Å². The number of carbonyl (C=O) groups is 1. The van der Waals surface area contributed by atoms with Crippen LogP contribution < -0.4 is 5.32 Å². The van der Waals surface area contributed by atoms with Gasteiger partial charge in [0.05, 0.1) is 37.6 Å². The van der Waals surface area contributed by atoms with Gasteiger partial charge in [0, 0.05) is 24.4 Å². The second-order valence-corrected chi connectivity index (χ2v) is 17.6. The minimum atomic E-state index is -0.395. The number of rotatable bonds is 5. The van der Waals surface area contributed by atoms with Crippen LogP contribution in [0.4, 0.5) is 0 Å². The topological polar surface area (TPSA) is 80.3 Å². The van der Waals surface area contributed by atoms with E-state index in [1.165, 1.54) is 38.5 Å². The van der Waals surface area contributed by atoms with Crippen LogP contribution in [-0.4, -0.2) is 79.9 Å². The number of nitrogens with one attached hydrogen (secondary N) is 1. The first-order valence-corrected chi connectivity index (χ1v) is 17.8. The number of amides is 1. The van der Waals surface area contributed by atoms with Crippen LogP contribution >= 0.6 is 0 Å². The van der Waals surface area contributed by atoms with Gasteiger partial charge in [-0.2, -0.15) is 0 Å². The van der Waals surface area contributed by atoms with E-state index in [0.29, 0.717) is 54.2 Å². The van der Waals surface area contributed by atoms with E-state index in [2.05, 4.69) is 39.9 Å². The second-order valence-electron chi connectivity index (χ2n) is 17.6. The first kappa shape index (κ1) is 30.9. The number of nitrogens with zero attached hydrogens (tertiary/aromatic N) is 1. The molecule has 7 aliphatic rings. The Morgan fingerprint density at radius 3 is 2.51 bits per heavy atom. The SMILES string of the molecule is CNC[C@H]1C[C@@H](C)C2[C@H](O1)[C@H](O)[C@@]1(C)[C@@H]3CC[C@H]4C(C)(C)[C@@H](O[C@H]5CN(C(=O)C(C)C)CCO5)CC[C@@]45C[C@@]35CC[C@]21C. The molecule has 2 heterocycles. The summed E-state index contributed by atoms with van der Waals surface area (Å²) in [6.45, 7) is 18.9. The maximum Gasteiger partial charge on any atom is 0.225 e. The van der Waals surface area contributed by atoms with Crippen molar-refractivity contribution < 1.29 is 24.1 Å². The number of morpholine rings is 1. The Hall–Kier alpha value is -0.730. The Balaban J connectivity index is 1.11. The molecule has 2 spiro atoms.